The molecule has 1 aromatic rings. The van der Waals surface area contributed by atoms with E-state index >= 15 is 0 Å². The molecule has 3 aliphatic rings. The molecule has 4 rings (SSSR count). The predicted molar refractivity (Wildman–Crippen MR) is 244 cm³/mol. The van der Waals surface area contributed by atoms with Crippen LogP contribution in [0.2, 0.25) is 0 Å². The summed E-state index contributed by atoms with van der Waals surface area (Å²) in [6.45, 7) is 6.30. The van der Waals surface area contributed by atoms with Crippen LogP contribution in [0.4, 0.5) is 0 Å². The van der Waals surface area contributed by atoms with Crippen molar-refractivity contribution in [2.45, 2.75) is 133 Å². The minimum Gasteiger partial charge on any atom is -0.504 e. The highest BCUT2D eigenvalue weighted by molar-refractivity contribution is 5.90. The number of allylic oxidation sites excluding steroid dienone is 12. The van der Waals surface area contributed by atoms with Gasteiger partial charge in [0, 0.05) is 30.1 Å². The van der Waals surface area contributed by atoms with Crippen molar-refractivity contribution in [3.8, 4) is 11.5 Å². The first-order valence-electron chi connectivity index (χ1n) is 22.0. The fraction of sp³-hybridized carbons (Fsp3) is 0.469. The third kappa shape index (κ3) is 15.7. The monoisotopic (exact) mass is 986 g/mol. The number of rotatable bonds is 18. The summed E-state index contributed by atoms with van der Waals surface area (Å²) in [4.78, 5) is 50.9. The van der Waals surface area contributed by atoms with Gasteiger partial charge in [-0.2, -0.15) is 0 Å². The molecular weight excluding hydrogens is 925 g/mol. The smallest absolute Gasteiger partial charge is 0.336 e. The Morgan fingerprint density at radius 2 is 1.19 bits per heavy atom. The summed E-state index contributed by atoms with van der Waals surface area (Å²) in [6, 6.07) is 3.82. The first-order valence-corrected chi connectivity index (χ1v) is 22.0. The lowest BCUT2D eigenvalue weighted by atomic mass is 9.77. The Morgan fingerprint density at radius 1 is 0.643 bits per heavy atom. The molecule has 3 fully saturated rings. The van der Waals surface area contributed by atoms with Gasteiger partial charge in [-0.05, 0) is 58.4 Å². The molecule has 14 atom stereocenters. The van der Waals surface area contributed by atoms with Crippen molar-refractivity contribution in [3.05, 3.63) is 113 Å². The summed E-state index contributed by atoms with van der Waals surface area (Å²) in [6.07, 6.45) is -3.18. The maximum atomic E-state index is 13.1. The molecule has 2 saturated heterocycles. The van der Waals surface area contributed by atoms with Crippen LogP contribution < -0.4 is 0 Å². The Kier molecular flexibility index (Phi) is 21.1. The topological polar surface area (TPSA) is 346 Å². The standard InChI is InChI=1S/C49H62O21/c1-25(12-8-14-27(3)45(62)69-44-33(54)21-49(64,29(5)51)22-34(44)66-37(55)19-17-30-16-18-31(52)32(53)20-30)10-6-7-11-26(2)13-9-15-28(4)46(63)70-48-43(61)41(59)39(57)36(68-48)24-65-47-42(60)40(58)38(56)35(23-50)67-47/h6-20,33-36,38-44,47-48,50,52-54,56-61,64H,21-24H2,1-5H3/b7-6+,12-8+,13-9+,19-17+,25-10+,26-11-,27-14+,28-15+/t33-,34+,35?,36?,38+,39+,40-,41-,42?,43?,44-,47+,48-,49+/m0/s1. The molecular formula is C49H62O21. The van der Waals surface area contributed by atoms with E-state index in [1.807, 2.05) is 0 Å². The van der Waals surface area contributed by atoms with E-state index in [9.17, 15) is 75.3 Å². The molecule has 70 heavy (non-hydrogen) atoms. The Balaban J connectivity index is 1.28. The SMILES string of the molecule is CC(=O)[C@@]1(O)C[C@H](O)[C@H](OC(=O)/C(C)=C/C=C/C(C)=C/C=C/C=C(C)\C=C\C=C(/C)C(=O)O[C@@H]2OC(CO[C@@H]3OC(CO)[C@@H](O)[C@H](O)C3O)[C@@H](O)[C@H](O)C2O)[C@H](OC(=O)/C=C/c2ccc(O)c(O)c2)C1. The highest BCUT2D eigenvalue weighted by Crippen LogP contribution is 2.34. The lowest BCUT2D eigenvalue weighted by Crippen LogP contribution is -2.61. The van der Waals surface area contributed by atoms with E-state index in [-0.39, 0.29) is 16.9 Å². The summed E-state index contributed by atoms with van der Waals surface area (Å²) in [5, 5.41) is 112. The van der Waals surface area contributed by atoms with E-state index in [2.05, 4.69) is 0 Å². The number of aromatic hydroxyl groups is 2. The highest BCUT2D eigenvalue weighted by atomic mass is 16.7. The van der Waals surface area contributed by atoms with E-state index < -0.39 is 141 Å². The molecule has 21 heteroatoms. The van der Waals surface area contributed by atoms with Crippen molar-refractivity contribution in [3.63, 3.8) is 0 Å². The van der Waals surface area contributed by atoms with Gasteiger partial charge in [0.25, 0.3) is 0 Å². The molecule has 11 N–H and O–H groups in total. The fourth-order valence-corrected chi connectivity index (χ4v) is 7.10. The molecule has 2 aliphatic heterocycles. The van der Waals surface area contributed by atoms with Crippen LogP contribution in [0.1, 0.15) is 53.0 Å². The zero-order chi connectivity index (χ0) is 52.0. The normalized spacial score (nSPS) is 32.7. The van der Waals surface area contributed by atoms with Crippen molar-refractivity contribution < 1.29 is 104 Å². The van der Waals surface area contributed by atoms with Crippen molar-refractivity contribution in [1.82, 2.24) is 0 Å². The Morgan fingerprint density at radius 3 is 1.74 bits per heavy atom. The fourth-order valence-electron chi connectivity index (χ4n) is 7.10. The maximum Gasteiger partial charge on any atom is 0.336 e. The molecule has 0 spiro atoms. The number of benzene rings is 1. The highest BCUT2D eigenvalue weighted by Gasteiger charge is 2.51. The number of phenolic OH excluding ortho intramolecular Hbond substituents is 2. The van der Waals surface area contributed by atoms with Gasteiger partial charge in [-0.25, -0.2) is 14.4 Å². The first kappa shape index (κ1) is 56.9. The predicted octanol–water partition coefficient (Wildman–Crippen LogP) is 0.0305. The van der Waals surface area contributed by atoms with Crippen LogP contribution in [0.15, 0.2) is 107 Å². The summed E-state index contributed by atoms with van der Waals surface area (Å²) in [5.41, 5.74) is 0.0293. The van der Waals surface area contributed by atoms with Gasteiger partial charge in [0.05, 0.1) is 19.3 Å². The lowest BCUT2D eigenvalue weighted by Gasteiger charge is -2.42. The number of phenols is 2. The van der Waals surface area contributed by atoms with Crippen LogP contribution >= 0.6 is 0 Å². The maximum absolute atomic E-state index is 13.1. The number of Topliss-reactive ketones (excluding diaryl/α,β-unsaturated/α-hetero) is 1. The molecule has 1 saturated carbocycles. The van der Waals surface area contributed by atoms with E-state index in [0.29, 0.717) is 5.56 Å². The Labute approximate surface area is 403 Å². The number of aliphatic hydroxyl groups is 9. The number of hydrogen-bond acceptors (Lipinski definition) is 21. The van der Waals surface area contributed by atoms with E-state index in [1.54, 1.807) is 62.5 Å². The number of esters is 3. The van der Waals surface area contributed by atoms with Gasteiger partial charge in [0.1, 0.15) is 60.5 Å². The van der Waals surface area contributed by atoms with Gasteiger partial charge in [-0.1, -0.05) is 78.0 Å². The van der Waals surface area contributed by atoms with E-state index in [1.165, 1.54) is 50.3 Å². The Hall–Kier alpha value is -5.66. The van der Waals surface area contributed by atoms with E-state index in [4.69, 9.17) is 28.4 Å². The molecule has 4 unspecified atom stereocenters. The first-order chi connectivity index (χ1) is 33.0. The van der Waals surface area contributed by atoms with Gasteiger partial charge in [0.15, 0.2) is 29.7 Å². The number of hydrogen-bond donors (Lipinski definition) is 11. The van der Waals surface area contributed by atoms with Gasteiger partial charge in [-0.15, -0.1) is 0 Å². The van der Waals surface area contributed by atoms with Gasteiger partial charge in [-0.3, -0.25) is 4.79 Å². The number of ether oxygens (including phenoxy) is 6. The average Bonchev–Trinajstić information content (AvgIpc) is 3.31. The molecule has 1 aromatic carbocycles. The van der Waals surface area contributed by atoms with Gasteiger partial charge in [0.2, 0.25) is 6.29 Å². The summed E-state index contributed by atoms with van der Waals surface area (Å²) in [7, 11) is 0. The molecule has 384 valence electrons. The second-order valence-electron chi connectivity index (χ2n) is 17.1. The quantitative estimate of drug-likeness (QED) is 0.0304. The van der Waals surface area contributed by atoms with Crippen LogP contribution in [-0.4, -0.2) is 178 Å². The van der Waals surface area contributed by atoms with Crippen molar-refractivity contribution in [2.75, 3.05) is 13.2 Å². The molecule has 1 aliphatic carbocycles. The number of ketones is 1. The molecule has 0 amide bonds. The minimum absolute atomic E-state index is 0.0762. The van der Waals surface area contributed by atoms with Gasteiger partial charge >= 0.3 is 17.9 Å². The minimum atomic E-state index is -2.05. The number of aliphatic hydroxyl groups excluding tert-OH is 8. The molecule has 21 nitrogen and oxygen atoms in total. The van der Waals surface area contributed by atoms with Crippen molar-refractivity contribution in [1.29, 1.82) is 0 Å². The second kappa shape index (κ2) is 26.0. The largest absolute Gasteiger partial charge is 0.504 e. The van der Waals surface area contributed by atoms with Crippen LogP contribution in [-0.2, 0) is 47.6 Å². The van der Waals surface area contributed by atoms with Crippen LogP contribution in [0, 0.1) is 0 Å². The average molecular weight is 987 g/mol. The van der Waals surface area contributed by atoms with E-state index in [0.717, 1.165) is 24.1 Å². The molecule has 2 heterocycles. The Bertz CT molecular complexity index is 2250. The third-order valence-electron chi connectivity index (χ3n) is 11.5. The lowest BCUT2D eigenvalue weighted by molar-refractivity contribution is -0.326. The summed E-state index contributed by atoms with van der Waals surface area (Å²) in [5.74, 6) is -4.21. The molecule has 0 bridgehead atoms. The van der Waals surface area contributed by atoms with Crippen LogP contribution in [0.5, 0.6) is 11.5 Å². The summed E-state index contributed by atoms with van der Waals surface area (Å²) >= 11 is 0. The number of carbonyl (C=O) groups is 4. The van der Waals surface area contributed by atoms with Gasteiger partial charge < -0.3 is 84.6 Å². The zero-order valence-electron chi connectivity index (χ0n) is 39.0. The zero-order valence-corrected chi connectivity index (χ0v) is 39.0. The van der Waals surface area contributed by atoms with Crippen LogP contribution in [0.25, 0.3) is 6.08 Å². The molecule has 0 aromatic heterocycles. The van der Waals surface area contributed by atoms with Crippen LogP contribution in [0.3, 0.4) is 0 Å². The second-order valence-corrected chi connectivity index (χ2v) is 17.1. The van der Waals surface area contributed by atoms with Crippen molar-refractivity contribution in [2.24, 2.45) is 0 Å². The molecule has 0 radical (unpaired) electrons. The van der Waals surface area contributed by atoms with Crippen molar-refractivity contribution >= 4 is 29.8 Å². The number of carbonyl (C=O) groups excluding carboxylic acids is 4. The third-order valence-corrected chi connectivity index (χ3v) is 11.5. The summed E-state index contributed by atoms with van der Waals surface area (Å²) < 4.78 is 32.4.